The summed E-state index contributed by atoms with van der Waals surface area (Å²) in [7, 11) is 7.84. The van der Waals surface area contributed by atoms with Gasteiger partial charge in [0.2, 0.25) is 5.91 Å². The van der Waals surface area contributed by atoms with E-state index in [2.05, 4.69) is 5.32 Å². The molecule has 9 heteroatoms. The molecular weight excluding hydrogens is 492 g/mol. The number of nitrogens with one attached hydrogen (secondary N) is 1. The number of methoxy groups -OCH3 is 4. The summed E-state index contributed by atoms with van der Waals surface area (Å²) in [5, 5.41) is 3.01. The smallest absolute Gasteiger partial charge is 0.254 e. The highest BCUT2D eigenvalue weighted by molar-refractivity contribution is 7.98. The quantitative estimate of drug-likeness (QED) is 0.417. The first-order valence-corrected chi connectivity index (χ1v) is 12.8. The van der Waals surface area contributed by atoms with Crippen molar-refractivity contribution >= 4 is 29.3 Å². The minimum atomic E-state index is -0.746. The second-order valence-corrected chi connectivity index (χ2v) is 9.34. The van der Waals surface area contributed by atoms with Gasteiger partial charge in [0.05, 0.1) is 46.1 Å². The minimum Gasteiger partial charge on any atom is -0.497 e. The summed E-state index contributed by atoms with van der Waals surface area (Å²) in [5.74, 6) is 0.672. The van der Waals surface area contributed by atoms with Gasteiger partial charge in [-0.1, -0.05) is 12.1 Å². The SMILES string of the molecule is COc1ccc(NC(=O)C2c3cc(OC)c(OC)cc3C(=O)N(C)C2c2ccc(SC)cc2)c(OC)c1. The molecule has 0 aromatic heterocycles. The fraction of sp³-hybridized carbons (Fsp3) is 0.286. The third-order valence-electron chi connectivity index (χ3n) is 6.58. The van der Waals surface area contributed by atoms with E-state index in [0.717, 1.165) is 10.5 Å². The maximum Gasteiger partial charge on any atom is 0.254 e. The number of nitrogens with zero attached hydrogens (tertiary/aromatic N) is 1. The van der Waals surface area contributed by atoms with Gasteiger partial charge in [-0.3, -0.25) is 9.59 Å². The number of thioether (sulfide) groups is 1. The second kappa shape index (κ2) is 11.0. The van der Waals surface area contributed by atoms with Crippen molar-refractivity contribution in [1.82, 2.24) is 4.90 Å². The van der Waals surface area contributed by atoms with Gasteiger partial charge >= 0.3 is 0 Å². The molecule has 194 valence electrons. The summed E-state index contributed by atoms with van der Waals surface area (Å²) in [6.07, 6.45) is 2.00. The molecule has 2 unspecified atom stereocenters. The molecule has 37 heavy (non-hydrogen) atoms. The minimum absolute atomic E-state index is 0.207. The molecule has 3 aromatic carbocycles. The fourth-order valence-corrected chi connectivity index (χ4v) is 5.07. The third kappa shape index (κ3) is 4.91. The molecule has 0 saturated heterocycles. The first-order chi connectivity index (χ1) is 17.9. The molecule has 1 aliphatic heterocycles. The monoisotopic (exact) mass is 522 g/mol. The highest BCUT2D eigenvalue weighted by atomic mass is 32.2. The predicted molar refractivity (Wildman–Crippen MR) is 144 cm³/mol. The van der Waals surface area contributed by atoms with Gasteiger partial charge in [0.25, 0.3) is 5.91 Å². The van der Waals surface area contributed by atoms with Gasteiger partial charge in [-0.15, -0.1) is 11.8 Å². The lowest BCUT2D eigenvalue weighted by molar-refractivity contribution is -0.119. The Balaban J connectivity index is 1.86. The second-order valence-electron chi connectivity index (χ2n) is 8.46. The number of likely N-dealkylation sites (N-methyl/N-ethyl adjacent to an activating group) is 1. The van der Waals surface area contributed by atoms with Crippen molar-refractivity contribution < 1.29 is 28.5 Å². The van der Waals surface area contributed by atoms with Crippen LogP contribution in [0.3, 0.4) is 0 Å². The van der Waals surface area contributed by atoms with E-state index < -0.39 is 12.0 Å². The average molecular weight is 523 g/mol. The number of hydrogen-bond donors (Lipinski definition) is 1. The third-order valence-corrected chi connectivity index (χ3v) is 7.32. The van der Waals surface area contributed by atoms with Crippen LogP contribution in [0.5, 0.6) is 23.0 Å². The number of hydrogen-bond acceptors (Lipinski definition) is 7. The fourth-order valence-electron chi connectivity index (χ4n) is 4.66. The van der Waals surface area contributed by atoms with Crippen molar-refractivity contribution in [2.24, 2.45) is 0 Å². The zero-order chi connectivity index (χ0) is 26.7. The van der Waals surface area contributed by atoms with E-state index in [4.69, 9.17) is 18.9 Å². The number of carbonyl (C=O) groups excluding carboxylic acids is 2. The van der Waals surface area contributed by atoms with Gasteiger partial charge in [-0.25, -0.2) is 0 Å². The molecule has 0 saturated carbocycles. The number of fused-ring (bicyclic) bond motifs is 1. The lowest BCUT2D eigenvalue weighted by atomic mass is 9.79. The molecule has 0 spiro atoms. The number of ether oxygens (including phenoxy) is 4. The van der Waals surface area contributed by atoms with Gasteiger partial charge in [0.15, 0.2) is 11.5 Å². The van der Waals surface area contributed by atoms with Crippen molar-refractivity contribution in [3.8, 4) is 23.0 Å². The number of benzene rings is 3. The Morgan fingerprint density at radius 3 is 2.11 bits per heavy atom. The largest absolute Gasteiger partial charge is 0.497 e. The topological polar surface area (TPSA) is 86.3 Å². The highest BCUT2D eigenvalue weighted by Crippen LogP contribution is 2.46. The van der Waals surface area contributed by atoms with Crippen molar-refractivity contribution in [2.45, 2.75) is 16.9 Å². The van der Waals surface area contributed by atoms with E-state index in [0.29, 0.717) is 39.8 Å². The number of carbonyl (C=O) groups is 2. The van der Waals surface area contributed by atoms with E-state index in [9.17, 15) is 9.59 Å². The van der Waals surface area contributed by atoms with Gasteiger partial charge in [-0.05, 0) is 53.8 Å². The van der Waals surface area contributed by atoms with Crippen molar-refractivity contribution in [2.75, 3.05) is 47.1 Å². The molecule has 4 rings (SSSR count). The lowest BCUT2D eigenvalue weighted by Gasteiger charge is -2.40. The van der Waals surface area contributed by atoms with E-state index in [-0.39, 0.29) is 11.8 Å². The molecule has 0 aliphatic carbocycles. The summed E-state index contributed by atoms with van der Waals surface area (Å²) in [6.45, 7) is 0. The Morgan fingerprint density at radius 1 is 0.865 bits per heavy atom. The summed E-state index contributed by atoms with van der Waals surface area (Å²) in [4.78, 5) is 30.3. The van der Waals surface area contributed by atoms with Crippen LogP contribution in [0.4, 0.5) is 5.69 Å². The molecular formula is C28H30N2O6S. The lowest BCUT2D eigenvalue weighted by Crippen LogP contribution is -2.44. The molecule has 1 N–H and O–H groups in total. The normalized spacial score (nSPS) is 16.6. The van der Waals surface area contributed by atoms with Crippen molar-refractivity contribution in [3.63, 3.8) is 0 Å². The Bertz CT molecular complexity index is 1310. The summed E-state index contributed by atoms with van der Waals surface area (Å²) < 4.78 is 21.7. The number of anilines is 1. The van der Waals surface area contributed by atoms with Crippen LogP contribution in [0.15, 0.2) is 59.5 Å². The van der Waals surface area contributed by atoms with Crippen LogP contribution < -0.4 is 24.3 Å². The summed E-state index contributed by atoms with van der Waals surface area (Å²) in [6, 6.07) is 15.9. The summed E-state index contributed by atoms with van der Waals surface area (Å²) in [5.41, 5.74) is 2.28. The van der Waals surface area contributed by atoms with Crippen LogP contribution in [0.1, 0.15) is 33.4 Å². The van der Waals surface area contributed by atoms with Crippen LogP contribution >= 0.6 is 11.8 Å². The predicted octanol–water partition coefficient (Wildman–Crippen LogP) is 4.99. The van der Waals surface area contributed by atoms with Gasteiger partial charge in [-0.2, -0.15) is 0 Å². The van der Waals surface area contributed by atoms with Crippen LogP contribution in [-0.2, 0) is 4.79 Å². The molecule has 2 amide bonds. The average Bonchev–Trinajstić information content (AvgIpc) is 2.94. The highest BCUT2D eigenvalue weighted by Gasteiger charge is 2.43. The Morgan fingerprint density at radius 2 is 1.51 bits per heavy atom. The van der Waals surface area contributed by atoms with Gasteiger partial charge in [0.1, 0.15) is 11.5 Å². The Labute approximate surface area is 220 Å². The molecule has 1 heterocycles. The Kier molecular flexibility index (Phi) is 7.83. The first kappa shape index (κ1) is 26.2. The van der Waals surface area contributed by atoms with E-state index in [1.165, 1.54) is 21.3 Å². The molecule has 2 atom stereocenters. The summed E-state index contributed by atoms with van der Waals surface area (Å²) >= 11 is 1.62. The number of amides is 2. The molecule has 0 bridgehead atoms. The molecule has 8 nitrogen and oxygen atoms in total. The standard InChI is InChI=1S/C28H30N2O6S/c1-30-26(16-7-10-18(37-6)11-8-16)25(19-14-23(35-4)24(36-5)15-20(19)28(30)32)27(31)29-21-12-9-17(33-2)13-22(21)34-3/h7-15,25-26H,1-6H3,(H,29,31). The van der Waals surface area contributed by atoms with Crippen molar-refractivity contribution in [1.29, 1.82) is 0 Å². The van der Waals surface area contributed by atoms with Crippen LogP contribution in [0.25, 0.3) is 0 Å². The molecule has 1 aliphatic rings. The van der Waals surface area contributed by atoms with Gasteiger partial charge < -0.3 is 29.2 Å². The maximum absolute atomic E-state index is 14.1. The maximum atomic E-state index is 14.1. The van der Waals surface area contributed by atoms with E-state index >= 15 is 0 Å². The zero-order valence-corrected chi connectivity index (χ0v) is 22.5. The van der Waals surface area contributed by atoms with Crippen LogP contribution in [0.2, 0.25) is 0 Å². The zero-order valence-electron chi connectivity index (χ0n) is 21.7. The molecule has 0 fully saturated rings. The van der Waals surface area contributed by atoms with Gasteiger partial charge in [0, 0.05) is 23.6 Å². The molecule has 0 radical (unpaired) electrons. The Hall–Kier alpha value is -3.85. The molecule has 3 aromatic rings. The van der Waals surface area contributed by atoms with E-state index in [1.807, 2.05) is 30.5 Å². The van der Waals surface area contributed by atoms with Crippen LogP contribution in [-0.4, -0.2) is 58.5 Å². The number of rotatable bonds is 8. The van der Waals surface area contributed by atoms with Crippen molar-refractivity contribution in [3.05, 3.63) is 71.3 Å². The van der Waals surface area contributed by atoms with Crippen LogP contribution in [0, 0.1) is 0 Å². The van der Waals surface area contributed by atoms with E-state index in [1.54, 1.807) is 61.2 Å². The first-order valence-electron chi connectivity index (χ1n) is 11.6.